The minimum atomic E-state index is 0.280. The van der Waals surface area contributed by atoms with E-state index in [1.165, 1.54) is 10.9 Å². The van der Waals surface area contributed by atoms with Gasteiger partial charge in [0.05, 0.1) is 12.6 Å². The Morgan fingerprint density at radius 3 is 3.05 bits per heavy atom. The third-order valence-electron chi connectivity index (χ3n) is 3.91. The van der Waals surface area contributed by atoms with Gasteiger partial charge >= 0.3 is 0 Å². The van der Waals surface area contributed by atoms with Gasteiger partial charge in [-0.1, -0.05) is 15.9 Å². The monoisotopic (exact) mass is 342 g/mol. The number of fused-ring (bicyclic) bond motifs is 2. The van der Waals surface area contributed by atoms with Gasteiger partial charge in [0.25, 0.3) is 0 Å². The molecule has 4 rings (SSSR count). The zero-order chi connectivity index (χ0) is 14.2. The number of aromatic amines is 1. The summed E-state index contributed by atoms with van der Waals surface area (Å²) in [7, 11) is 0. The van der Waals surface area contributed by atoms with Crippen LogP contribution in [0.15, 0.2) is 53.1 Å². The zero-order valence-electron chi connectivity index (χ0n) is 11.4. The van der Waals surface area contributed by atoms with Crippen LogP contribution in [-0.2, 0) is 0 Å². The SMILES string of the molecule is Brc1ccc2c(c1)C(Nc1ccc3[nH]ccc3c1)CCO2. The fourth-order valence-corrected chi connectivity index (χ4v) is 3.24. The Labute approximate surface area is 131 Å². The van der Waals surface area contributed by atoms with E-state index in [9.17, 15) is 0 Å². The molecule has 106 valence electrons. The predicted molar refractivity (Wildman–Crippen MR) is 88.9 cm³/mol. The van der Waals surface area contributed by atoms with Crippen LogP contribution in [0.2, 0.25) is 0 Å². The van der Waals surface area contributed by atoms with Gasteiger partial charge in [0.1, 0.15) is 5.75 Å². The minimum Gasteiger partial charge on any atom is -0.493 e. The van der Waals surface area contributed by atoms with Crippen LogP contribution in [0.3, 0.4) is 0 Å². The highest BCUT2D eigenvalue weighted by atomic mass is 79.9. The average Bonchev–Trinajstić information content (AvgIpc) is 2.95. The van der Waals surface area contributed by atoms with Gasteiger partial charge in [0, 0.05) is 39.2 Å². The van der Waals surface area contributed by atoms with Gasteiger partial charge in [-0.2, -0.15) is 0 Å². The summed E-state index contributed by atoms with van der Waals surface area (Å²) in [4.78, 5) is 3.22. The van der Waals surface area contributed by atoms with E-state index in [0.717, 1.165) is 34.5 Å². The minimum absolute atomic E-state index is 0.280. The molecule has 0 aliphatic carbocycles. The molecule has 1 aromatic heterocycles. The highest BCUT2D eigenvalue weighted by Crippen LogP contribution is 2.36. The third-order valence-corrected chi connectivity index (χ3v) is 4.40. The van der Waals surface area contributed by atoms with Gasteiger partial charge in [0.15, 0.2) is 0 Å². The number of H-pyrrole nitrogens is 1. The molecule has 0 fully saturated rings. The Morgan fingerprint density at radius 2 is 2.10 bits per heavy atom. The summed E-state index contributed by atoms with van der Waals surface area (Å²) in [5.74, 6) is 0.977. The quantitative estimate of drug-likeness (QED) is 0.697. The summed E-state index contributed by atoms with van der Waals surface area (Å²) in [6.45, 7) is 0.749. The van der Waals surface area contributed by atoms with Crippen LogP contribution in [0.4, 0.5) is 5.69 Å². The first-order valence-electron chi connectivity index (χ1n) is 7.05. The summed E-state index contributed by atoms with van der Waals surface area (Å²) in [5.41, 5.74) is 3.51. The molecule has 2 N–H and O–H groups in total. The predicted octanol–water partition coefficient (Wildman–Crippen LogP) is 4.87. The summed E-state index contributed by atoms with van der Waals surface area (Å²) >= 11 is 3.54. The van der Waals surface area contributed by atoms with Crippen molar-refractivity contribution in [1.29, 1.82) is 0 Å². The highest BCUT2D eigenvalue weighted by molar-refractivity contribution is 9.10. The molecule has 1 atom stereocenters. The Hall–Kier alpha value is -1.94. The third kappa shape index (κ3) is 2.40. The zero-order valence-corrected chi connectivity index (χ0v) is 13.0. The highest BCUT2D eigenvalue weighted by Gasteiger charge is 2.21. The van der Waals surface area contributed by atoms with Crippen LogP contribution in [0, 0.1) is 0 Å². The maximum atomic E-state index is 5.74. The lowest BCUT2D eigenvalue weighted by molar-refractivity contribution is 0.274. The number of ether oxygens (including phenoxy) is 1. The standard InChI is InChI=1S/C17H15BrN2O/c18-12-1-4-17-14(10-12)16(6-8-21-17)20-13-2-3-15-11(9-13)5-7-19-15/h1-5,7,9-10,16,19-20H,6,8H2. The Balaban J connectivity index is 1.67. The molecule has 21 heavy (non-hydrogen) atoms. The molecule has 0 saturated carbocycles. The Morgan fingerprint density at radius 1 is 1.14 bits per heavy atom. The van der Waals surface area contributed by atoms with Crippen molar-refractivity contribution in [2.24, 2.45) is 0 Å². The fraction of sp³-hybridized carbons (Fsp3) is 0.176. The molecular formula is C17H15BrN2O. The van der Waals surface area contributed by atoms with Crippen LogP contribution in [0.5, 0.6) is 5.75 Å². The summed E-state index contributed by atoms with van der Waals surface area (Å²) in [5, 5.41) is 4.86. The van der Waals surface area contributed by atoms with Crippen molar-refractivity contribution in [2.45, 2.75) is 12.5 Å². The molecule has 3 aromatic rings. The van der Waals surface area contributed by atoms with Gasteiger partial charge in [-0.15, -0.1) is 0 Å². The lowest BCUT2D eigenvalue weighted by Crippen LogP contribution is -2.20. The molecule has 1 aliphatic rings. The Kier molecular flexibility index (Phi) is 3.11. The van der Waals surface area contributed by atoms with Crippen molar-refractivity contribution in [2.75, 3.05) is 11.9 Å². The lowest BCUT2D eigenvalue weighted by atomic mass is 10.00. The number of hydrogen-bond acceptors (Lipinski definition) is 2. The van der Waals surface area contributed by atoms with Crippen molar-refractivity contribution in [3.63, 3.8) is 0 Å². The van der Waals surface area contributed by atoms with Crippen LogP contribution < -0.4 is 10.1 Å². The van der Waals surface area contributed by atoms with Crippen LogP contribution >= 0.6 is 15.9 Å². The molecule has 2 aromatic carbocycles. The Bertz CT molecular complexity index is 796. The van der Waals surface area contributed by atoms with Crippen molar-refractivity contribution in [3.8, 4) is 5.75 Å². The lowest BCUT2D eigenvalue weighted by Gasteiger charge is -2.27. The molecule has 0 spiro atoms. The molecule has 1 aliphatic heterocycles. The van der Waals surface area contributed by atoms with E-state index >= 15 is 0 Å². The second kappa shape index (κ2) is 5.11. The van der Waals surface area contributed by atoms with Crippen LogP contribution in [-0.4, -0.2) is 11.6 Å². The van der Waals surface area contributed by atoms with E-state index in [2.05, 4.69) is 56.6 Å². The molecule has 0 radical (unpaired) electrons. The number of halogens is 1. The maximum absolute atomic E-state index is 5.74. The summed E-state index contributed by atoms with van der Waals surface area (Å²) < 4.78 is 6.82. The maximum Gasteiger partial charge on any atom is 0.124 e. The molecule has 1 unspecified atom stereocenters. The van der Waals surface area contributed by atoms with Crippen molar-refractivity contribution >= 4 is 32.5 Å². The average molecular weight is 343 g/mol. The molecule has 2 heterocycles. The van der Waals surface area contributed by atoms with E-state index in [0.29, 0.717) is 0 Å². The van der Waals surface area contributed by atoms with E-state index < -0.39 is 0 Å². The largest absolute Gasteiger partial charge is 0.493 e. The number of aromatic nitrogens is 1. The second-order valence-electron chi connectivity index (χ2n) is 5.30. The van der Waals surface area contributed by atoms with Crippen LogP contribution in [0.1, 0.15) is 18.0 Å². The molecule has 0 saturated heterocycles. The molecule has 0 amide bonds. The molecule has 4 heteroatoms. The second-order valence-corrected chi connectivity index (χ2v) is 6.21. The van der Waals surface area contributed by atoms with E-state index in [-0.39, 0.29) is 6.04 Å². The van der Waals surface area contributed by atoms with E-state index in [4.69, 9.17) is 4.74 Å². The van der Waals surface area contributed by atoms with E-state index in [1.807, 2.05) is 18.3 Å². The van der Waals surface area contributed by atoms with Gasteiger partial charge in [-0.25, -0.2) is 0 Å². The van der Waals surface area contributed by atoms with Gasteiger partial charge < -0.3 is 15.0 Å². The normalized spacial score (nSPS) is 17.3. The number of rotatable bonds is 2. The molecule has 3 nitrogen and oxygen atoms in total. The number of hydrogen-bond donors (Lipinski definition) is 2. The summed E-state index contributed by atoms with van der Waals surface area (Å²) in [6, 6.07) is 15.0. The number of nitrogens with one attached hydrogen (secondary N) is 2. The first-order valence-corrected chi connectivity index (χ1v) is 7.85. The van der Waals surface area contributed by atoms with Gasteiger partial charge in [-0.3, -0.25) is 0 Å². The van der Waals surface area contributed by atoms with Crippen LogP contribution in [0.25, 0.3) is 10.9 Å². The molecule has 0 bridgehead atoms. The number of benzene rings is 2. The van der Waals surface area contributed by atoms with E-state index in [1.54, 1.807) is 0 Å². The smallest absolute Gasteiger partial charge is 0.124 e. The van der Waals surface area contributed by atoms with Crippen molar-refractivity contribution in [1.82, 2.24) is 4.98 Å². The van der Waals surface area contributed by atoms with Crippen molar-refractivity contribution < 1.29 is 4.74 Å². The van der Waals surface area contributed by atoms with Gasteiger partial charge in [-0.05, 0) is 42.5 Å². The fourth-order valence-electron chi connectivity index (χ4n) is 2.86. The van der Waals surface area contributed by atoms with Crippen molar-refractivity contribution in [3.05, 3.63) is 58.7 Å². The molecular weight excluding hydrogens is 328 g/mol. The summed E-state index contributed by atoms with van der Waals surface area (Å²) in [6.07, 6.45) is 2.93. The topological polar surface area (TPSA) is 37.0 Å². The van der Waals surface area contributed by atoms with Gasteiger partial charge in [0.2, 0.25) is 0 Å². The number of anilines is 1. The first-order chi connectivity index (χ1) is 10.3. The first kappa shape index (κ1) is 12.8.